The van der Waals surface area contributed by atoms with E-state index in [1.54, 1.807) is 18.1 Å². The maximum absolute atomic E-state index is 13.1. The van der Waals surface area contributed by atoms with Crippen LogP contribution >= 0.6 is 0 Å². The molecule has 3 rings (SSSR count). The van der Waals surface area contributed by atoms with Gasteiger partial charge in [0.05, 0.1) is 18.2 Å². The fourth-order valence-electron chi connectivity index (χ4n) is 3.43. The Morgan fingerprint density at radius 1 is 1.14 bits per heavy atom. The van der Waals surface area contributed by atoms with Crippen molar-refractivity contribution in [3.05, 3.63) is 70.1 Å². The van der Waals surface area contributed by atoms with E-state index >= 15 is 0 Å². The first kappa shape index (κ1) is 20.6. The number of aromatic nitrogens is 2. The molecule has 29 heavy (non-hydrogen) atoms. The van der Waals surface area contributed by atoms with Gasteiger partial charge in [0.15, 0.2) is 0 Å². The molecule has 0 fully saturated rings. The molecule has 0 aliphatic rings. The number of aryl methyl sites for hydroxylation is 1. The minimum atomic E-state index is -0.245. The van der Waals surface area contributed by atoms with Gasteiger partial charge in [0.25, 0.3) is 5.56 Å². The average molecular weight is 393 g/mol. The van der Waals surface area contributed by atoms with Crippen molar-refractivity contribution in [2.75, 3.05) is 13.7 Å². The van der Waals surface area contributed by atoms with E-state index in [4.69, 9.17) is 4.74 Å². The highest BCUT2D eigenvalue weighted by atomic mass is 16.5. The summed E-state index contributed by atoms with van der Waals surface area (Å²) in [4.78, 5) is 27.7. The highest BCUT2D eigenvalue weighted by Gasteiger charge is 2.18. The fourth-order valence-corrected chi connectivity index (χ4v) is 3.43. The molecule has 3 aromatic rings. The lowest BCUT2D eigenvalue weighted by Gasteiger charge is -2.25. The number of hydrogen-bond donors (Lipinski definition) is 0. The van der Waals surface area contributed by atoms with E-state index in [-0.39, 0.29) is 18.0 Å². The van der Waals surface area contributed by atoms with Gasteiger partial charge in [0, 0.05) is 18.5 Å². The zero-order chi connectivity index (χ0) is 21.0. The molecule has 0 saturated carbocycles. The molecule has 1 heterocycles. The van der Waals surface area contributed by atoms with E-state index in [2.05, 4.69) is 18.9 Å². The first-order valence-corrected chi connectivity index (χ1v) is 9.76. The zero-order valence-corrected chi connectivity index (χ0v) is 17.4. The van der Waals surface area contributed by atoms with Crippen LogP contribution in [-0.2, 0) is 17.9 Å². The Hall–Kier alpha value is -3.15. The van der Waals surface area contributed by atoms with E-state index in [1.165, 1.54) is 4.68 Å². The van der Waals surface area contributed by atoms with Crippen LogP contribution in [0.5, 0.6) is 5.75 Å². The molecule has 0 bridgehead atoms. The molecule has 0 saturated heterocycles. The quantitative estimate of drug-likeness (QED) is 0.617. The maximum Gasteiger partial charge on any atom is 0.275 e. The summed E-state index contributed by atoms with van der Waals surface area (Å²) in [7, 11) is 1.62. The third-order valence-electron chi connectivity index (χ3n) is 4.78. The summed E-state index contributed by atoms with van der Waals surface area (Å²) in [5.41, 5.74) is 1.47. The van der Waals surface area contributed by atoms with Crippen LogP contribution in [0.25, 0.3) is 10.8 Å². The van der Waals surface area contributed by atoms with Gasteiger partial charge in [0.1, 0.15) is 12.3 Å². The minimum absolute atomic E-state index is 0.0821. The number of carbonyl (C=O) groups excluding carboxylic acids is 1. The van der Waals surface area contributed by atoms with Crippen LogP contribution in [-0.4, -0.2) is 34.2 Å². The van der Waals surface area contributed by atoms with Gasteiger partial charge in [-0.15, -0.1) is 0 Å². The molecule has 152 valence electrons. The standard InChI is InChI=1S/C23H27N3O3/c1-16(2)13-25(14-18-8-7-9-19(12-18)29-4)22(27)15-26-23(28)21-11-6-5-10-20(21)17(3)24-26/h5-12,16H,13-15H2,1-4H3. The topological polar surface area (TPSA) is 64.4 Å². The van der Waals surface area contributed by atoms with Crippen molar-refractivity contribution in [1.29, 1.82) is 0 Å². The van der Waals surface area contributed by atoms with E-state index < -0.39 is 0 Å². The summed E-state index contributed by atoms with van der Waals surface area (Å²) >= 11 is 0. The Balaban J connectivity index is 1.88. The molecule has 1 amide bonds. The lowest BCUT2D eigenvalue weighted by Crippen LogP contribution is -2.39. The van der Waals surface area contributed by atoms with Crippen LogP contribution in [0.4, 0.5) is 0 Å². The number of fused-ring (bicyclic) bond motifs is 1. The predicted molar refractivity (Wildman–Crippen MR) is 114 cm³/mol. The number of nitrogens with zero attached hydrogens (tertiary/aromatic N) is 3. The molecule has 0 aliphatic carbocycles. The molecule has 0 radical (unpaired) electrons. The van der Waals surface area contributed by atoms with Crippen molar-refractivity contribution in [3.63, 3.8) is 0 Å². The number of amides is 1. The smallest absolute Gasteiger partial charge is 0.275 e. The fraction of sp³-hybridized carbons (Fsp3) is 0.348. The Morgan fingerprint density at radius 3 is 2.55 bits per heavy atom. The first-order valence-electron chi connectivity index (χ1n) is 9.76. The largest absolute Gasteiger partial charge is 0.497 e. The molecular weight excluding hydrogens is 366 g/mol. The maximum atomic E-state index is 13.1. The Labute approximate surface area is 170 Å². The van der Waals surface area contributed by atoms with Crippen LogP contribution in [0.3, 0.4) is 0 Å². The van der Waals surface area contributed by atoms with Gasteiger partial charge in [-0.25, -0.2) is 4.68 Å². The Bertz CT molecular complexity index is 1070. The van der Waals surface area contributed by atoms with Crippen molar-refractivity contribution in [2.45, 2.75) is 33.9 Å². The summed E-state index contributed by atoms with van der Waals surface area (Å²) in [5, 5.41) is 5.77. The highest BCUT2D eigenvalue weighted by molar-refractivity contribution is 5.83. The van der Waals surface area contributed by atoms with E-state index in [0.717, 1.165) is 22.4 Å². The lowest BCUT2D eigenvalue weighted by molar-refractivity contribution is -0.133. The molecule has 0 unspecified atom stereocenters. The molecular formula is C23H27N3O3. The monoisotopic (exact) mass is 393 g/mol. The summed E-state index contributed by atoms with van der Waals surface area (Å²) in [5.74, 6) is 0.917. The number of ether oxygens (including phenoxy) is 1. The molecule has 6 heteroatoms. The Morgan fingerprint density at radius 2 is 1.86 bits per heavy atom. The molecule has 6 nitrogen and oxygen atoms in total. The molecule has 1 aromatic heterocycles. The minimum Gasteiger partial charge on any atom is -0.497 e. The highest BCUT2D eigenvalue weighted by Crippen LogP contribution is 2.16. The lowest BCUT2D eigenvalue weighted by atomic mass is 10.1. The number of hydrogen-bond acceptors (Lipinski definition) is 4. The van der Waals surface area contributed by atoms with E-state index in [9.17, 15) is 9.59 Å². The van der Waals surface area contributed by atoms with Gasteiger partial charge in [0.2, 0.25) is 5.91 Å². The van der Waals surface area contributed by atoms with Gasteiger partial charge >= 0.3 is 0 Å². The summed E-state index contributed by atoms with van der Waals surface area (Å²) < 4.78 is 6.56. The third kappa shape index (κ3) is 4.83. The van der Waals surface area contributed by atoms with Gasteiger partial charge in [-0.1, -0.05) is 44.2 Å². The van der Waals surface area contributed by atoms with Gasteiger partial charge in [-0.3, -0.25) is 9.59 Å². The normalized spacial score (nSPS) is 11.1. The van der Waals surface area contributed by atoms with E-state index in [0.29, 0.717) is 24.4 Å². The number of rotatable bonds is 7. The molecule has 0 N–H and O–H groups in total. The second kappa shape index (κ2) is 8.90. The molecule has 0 spiro atoms. The molecule has 0 aliphatic heterocycles. The predicted octanol–water partition coefficient (Wildman–Crippen LogP) is 3.40. The summed E-state index contributed by atoms with van der Waals surface area (Å²) in [6.07, 6.45) is 0. The number of methoxy groups -OCH3 is 1. The Kier molecular flexibility index (Phi) is 6.32. The van der Waals surface area contributed by atoms with Crippen molar-refractivity contribution < 1.29 is 9.53 Å². The van der Waals surface area contributed by atoms with Crippen LogP contribution < -0.4 is 10.3 Å². The summed E-state index contributed by atoms with van der Waals surface area (Å²) in [6, 6.07) is 15.0. The van der Waals surface area contributed by atoms with Crippen molar-refractivity contribution in [1.82, 2.24) is 14.7 Å². The SMILES string of the molecule is COc1cccc(CN(CC(C)C)C(=O)Cn2nc(C)c3ccccc3c2=O)c1. The first-order chi connectivity index (χ1) is 13.9. The van der Waals surface area contributed by atoms with Gasteiger partial charge in [-0.05, 0) is 36.6 Å². The van der Waals surface area contributed by atoms with Gasteiger partial charge < -0.3 is 9.64 Å². The van der Waals surface area contributed by atoms with Crippen LogP contribution in [0, 0.1) is 12.8 Å². The van der Waals surface area contributed by atoms with Crippen LogP contribution in [0.1, 0.15) is 25.1 Å². The van der Waals surface area contributed by atoms with Crippen LogP contribution in [0.15, 0.2) is 53.3 Å². The second-order valence-corrected chi connectivity index (χ2v) is 7.61. The zero-order valence-electron chi connectivity index (χ0n) is 17.4. The average Bonchev–Trinajstić information content (AvgIpc) is 2.71. The van der Waals surface area contributed by atoms with E-state index in [1.807, 2.05) is 49.4 Å². The molecule has 2 aromatic carbocycles. The third-order valence-corrected chi connectivity index (χ3v) is 4.78. The summed E-state index contributed by atoms with van der Waals surface area (Å²) in [6.45, 7) is 6.95. The number of carbonyl (C=O) groups is 1. The van der Waals surface area contributed by atoms with Crippen LogP contribution in [0.2, 0.25) is 0 Å². The second-order valence-electron chi connectivity index (χ2n) is 7.61. The van der Waals surface area contributed by atoms with Gasteiger partial charge in [-0.2, -0.15) is 5.10 Å². The molecule has 0 atom stereocenters. The van der Waals surface area contributed by atoms with Crippen molar-refractivity contribution >= 4 is 16.7 Å². The van der Waals surface area contributed by atoms with Crippen molar-refractivity contribution in [3.8, 4) is 5.75 Å². The number of benzene rings is 2. The van der Waals surface area contributed by atoms with Crippen molar-refractivity contribution in [2.24, 2.45) is 5.92 Å².